The molecule has 0 bridgehead atoms. The van der Waals surface area contributed by atoms with Crippen molar-refractivity contribution in [3.63, 3.8) is 0 Å². The summed E-state index contributed by atoms with van der Waals surface area (Å²) < 4.78 is 11.3. The van der Waals surface area contributed by atoms with Gasteiger partial charge in [0.05, 0.1) is 7.11 Å². The summed E-state index contributed by atoms with van der Waals surface area (Å²) in [5.41, 5.74) is 3.17. The van der Waals surface area contributed by atoms with Crippen molar-refractivity contribution in [1.29, 1.82) is 0 Å². The maximum Gasteiger partial charge on any atom is 0.329 e. The van der Waals surface area contributed by atoms with E-state index < -0.39 is 6.03 Å². The third-order valence-corrected chi connectivity index (χ3v) is 4.29. The van der Waals surface area contributed by atoms with E-state index in [2.05, 4.69) is 11.9 Å². The number of carbonyl (C=O) groups is 2. The van der Waals surface area contributed by atoms with E-state index >= 15 is 0 Å². The summed E-state index contributed by atoms with van der Waals surface area (Å²) in [5.74, 6) is 0.755. The summed E-state index contributed by atoms with van der Waals surface area (Å²) in [7, 11) is 1.55. The molecule has 1 N–H and O–H groups in total. The maximum absolute atomic E-state index is 12.3. The molecule has 0 aliphatic carbocycles. The first-order chi connectivity index (χ1) is 13.5. The Morgan fingerprint density at radius 3 is 2.54 bits per heavy atom. The molecular formula is C22H22N2O4. The summed E-state index contributed by atoms with van der Waals surface area (Å²) in [6.07, 6.45) is 3.11. The molecule has 2 aromatic carbocycles. The van der Waals surface area contributed by atoms with Crippen molar-refractivity contribution in [3.05, 3.63) is 77.5 Å². The van der Waals surface area contributed by atoms with Gasteiger partial charge >= 0.3 is 6.03 Å². The molecule has 1 saturated heterocycles. The molecule has 1 aliphatic heterocycles. The number of amides is 3. The Hall–Kier alpha value is -3.54. The molecule has 6 heteroatoms. The number of hydrogen-bond acceptors (Lipinski definition) is 4. The zero-order valence-corrected chi connectivity index (χ0v) is 15.9. The average Bonchev–Trinajstić information content (AvgIpc) is 2.96. The second kappa shape index (κ2) is 8.43. The van der Waals surface area contributed by atoms with Crippen molar-refractivity contribution < 1.29 is 19.1 Å². The standard InChI is InChI=1S/C22H22N2O4/c1-4-11-24-21(25)18(23-22(24)26)12-17-9-10-19(20(13-17)27-3)28-14-16-7-5-15(2)6-8-16/h4-10,12-13H,1,11,14H2,2-3H3,(H,23,26)/b18-12+. The quantitative estimate of drug-likeness (QED) is 0.454. The number of rotatable bonds is 7. The third kappa shape index (κ3) is 4.23. The van der Waals surface area contributed by atoms with Gasteiger partial charge in [0.2, 0.25) is 0 Å². The van der Waals surface area contributed by atoms with Gasteiger partial charge < -0.3 is 14.8 Å². The zero-order valence-electron chi connectivity index (χ0n) is 15.9. The van der Waals surface area contributed by atoms with Gasteiger partial charge in [-0.15, -0.1) is 6.58 Å². The lowest BCUT2D eigenvalue weighted by molar-refractivity contribution is -0.122. The highest BCUT2D eigenvalue weighted by molar-refractivity contribution is 6.14. The van der Waals surface area contributed by atoms with Crippen LogP contribution >= 0.6 is 0 Å². The van der Waals surface area contributed by atoms with E-state index in [1.807, 2.05) is 31.2 Å². The summed E-state index contributed by atoms with van der Waals surface area (Å²) in [4.78, 5) is 25.2. The minimum Gasteiger partial charge on any atom is -0.493 e. The van der Waals surface area contributed by atoms with Crippen molar-refractivity contribution in [1.82, 2.24) is 10.2 Å². The van der Waals surface area contributed by atoms with Crippen LogP contribution in [0, 0.1) is 6.92 Å². The molecule has 3 rings (SSSR count). The number of aryl methyl sites for hydroxylation is 1. The van der Waals surface area contributed by atoms with Gasteiger partial charge in [-0.2, -0.15) is 0 Å². The van der Waals surface area contributed by atoms with E-state index in [9.17, 15) is 9.59 Å². The fourth-order valence-corrected chi connectivity index (χ4v) is 2.77. The lowest BCUT2D eigenvalue weighted by atomic mass is 10.1. The molecule has 28 heavy (non-hydrogen) atoms. The van der Waals surface area contributed by atoms with Gasteiger partial charge in [-0.05, 0) is 36.3 Å². The largest absolute Gasteiger partial charge is 0.493 e. The number of methoxy groups -OCH3 is 1. The number of nitrogens with one attached hydrogen (secondary N) is 1. The molecule has 2 aromatic rings. The SMILES string of the molecule is C=CCN1C(=O)N/C(=C/c2ccc(OCc3ccc(C)cc3)c(OC)c2)C1=O. The van der Waals surface area contributed by atoms with E-state index in [1.165, 1.54) is 11.6 Å². The van der Waals surface area contributed by atoms with E-state index in [0.717, 1.165) is 10.5 Å². The first kappa shape index (κ1) is 19.2. The monoisotopic (exact) mass is 378 g/mol. The van der Waals surface area contributed by atoms with Gasteiger partial charge in [0.15, 0.2) is 11.5 Å². The number of hydrogen-bond donors (Lipinski definition) is 1. The van der Waals surface area contributed by atoms with Crippen molar-refractivity contribution in [2.75, 3.05) is 13.7 Å². The van der Waals surface area contributed by atoms with Crippen LogP contribution in [0.5, 0.6) is 11.5 Å². The van der Waals surface area contributed by atoms with Crippen LogP contribution in [0.25, 0.3) is 6.08 Å². The van der Waals surface area contributed by atoms with Crippen molar-refractivity contribution in [2.45, 2.75) is 13.5 Å². The normalized spacial score (nSPS) is 14.9. The minimum absolute atomic E-state index is 0.164. The highest BCUT2D eigenvalue weighted by Gasteiger charge is 2.32. The van der Waals surface area contributed by atoms with E-state index in [4.69, 9.17) is 9.47 Å². The highest BCUT2D eigenvalue weighted by atomic mass is 16.5. The molecule has 0 saturated carbocycles. The van der Waals surface area contributed by atoms with Crippen LogP contribution in [0.2, 0.25) is 0 Å². The van der Waals surface area contributed by atoms with Gasteiger partial charge in [-0.1, -0.05) is 42.0 Å². The molecule has 3 amide bonds. The number of nitrogens with zero attached hydrogens (tertiary/aromatic N) is 1. The molecule has 144 valence electrons. The molecular weight excluding hydrogens is 356 g/mol. The molecule has 6 nitrogen and oxygen atoms in total. The lowest BCUT2D eigenvalue weighted by Gasteiger charge is -2.12. The van der Waals surface area contributed by atoms with Gasteiger partial charge in [0.25, 0.3) is 5.91 Å². The molecule has 0 radical (unpaired) electrons. The highest BCUT2D eigenvalue weighted by Crippen LogP contribution is 2.30. The topological polar surface area (TPSA) is 67.9 Å². The van der Waals surface area contributed by atoms with Gasteiger partial charge in [-0.3, -0.25) is 9.69 Å². The van der Waals surface area contributed by atoms with Crippen LogP contribution in [0.15, 0.2) is 60.8 Å². The van der Waals surface area contributed by atoms with E-state index in [0.29, 0.717) is 23.7 Å². The first-order valence-corrected chi connectivity index (χ1v) is 8.83. The van der Waals surface area contributed by atoms with Crippen molar-refractivity contribution in [3.8, 4) is 11.5 Å². The van der Waals surface area contributed by atoms with Crippen LogP contribution in [0.1, 0.15) is 16.7 Å². The maximum atomic E-state index is 12.3. The Morgan fingerprint density at radius 1 is 1.11 bits per heavy atom. The second-order valence-corrected chi connectivity index (χ2v) is 6.38. The molecule has 1 aliphatic rings. The van der Waals surface area contributed by atoms with E-state index in [1.54, 1.807) is 31.4 Å². The van der Waals surface area contributed by atoms with Crippen LogP contribution in [-0.4, -0.2) is 30.5 Å². The summed E-state index contributed by atoms with van der Waals surface area (Å²) >= 11 is 0. The predicted molar refractivity (Wildman–Crippen MR) is 107 cm³/mol. The van der Waals surface area contributed by atoms with Crippen LogP contribution in [0.4, 0.5) is 4.79 Å². The Bertz CT molecular complexity index is 932. The Kier molecular flexibility index (Phi) is 5.79. The number of imide groups is 1. The molecule has 0 unspecified atom stereocenters. The average molecular weight is 378 g/mol. The summed E-state index contributed by atoms with van der Waals surface area (Å²) in [5, 5.41) is 2.57. The number of benzene rings is 2. The van der Waals surface area contributed by atoms with Gasteiger partial charge in [0.1, 0.15) is 12.3 Å². The number of urea groups is 1. The predicted octanol–water partition coefficient (Wildman–Crippen LogP) is 3.66. The fourth-order valence-electron chi connectivity index (χ4n) is 2.77. The Morgan fingerprint density at radius 2 is 1.86 bits per heavy atom. The first-order valence-electron chi connectivity index (χ1n) is 8.83. The van der Waals surface area contributed by atoms with Gasteiger partial charge in [0, 0.05) is 6.54 Å². The summed E-state index contributed by atoms with van der Waals surface area (Å²) in [6, 6.07) is 13.0. The Balaban J connectivity index is 1.76. The lowest BCUT2D eigenvalue weighted by Crippen LogP contribution is -2.30. The molecule has 0 atom stereocenters. The van der Waals surface area contributed by atoms with E-state index in [-0.39, 0.29) is 18.1 Å². The minimum atomic E-state index is -0.457. The molecule has 0 aromatic heterocycles. The van der Waals surface area contributed by atoms with Crippen molar-refractivity contribution >= 4 is 18.0 Å². The second-order valence-electron chi connectivity index (χ2n) is 6.38. The van der Waals surface area contributed by atoms with Gasteiger partial charge in [-0.25, -0.2) is 4.79 Å². The summed E-state index contributed by atoms with van der Waals surface area (Å²) in [6.45, 7) is 6.17. The fraction of sp³-hybridized carbons (Fsp3) is 0.182. The molecule has 1 heterocycles. The molecule has 1 fully saturated rings. The van der Waals surface area contributed by atoms with Crippen LogP contribution in [0.3, 0.4) is 0 Å². The molecule has 0 spiro atoms. The number of ether oxygens (including phenoxy) is 2. The smallest absolute Gasteiger partial charge is 0.329 e. The third-order valence-electron chi connectivity index (χ3n) is 4.29. The zero-order chi connectivity index (χ0) is 20.1. The Labute approximate surface area is 164 Å². The number of carbonyl (C=O) groups excluding carboxylic acids is 2. The van der Waals surface area contributed by atoms with Crippen LogP contribution in [-0.2, 0) is 11.4 Å². The van der Waals surface area contributed by atoms with Crippen molar-refractivity contribution in [2.24, 2.45) is 0 Å². The van der Waals surface area contributed by atoms with Crippen LogP contribution < -0.4 is 14.8 Å².